The van der Waals surface area contributed by atoms with E-state index in [4.69, 9.17) is 5.11 Å². The molecule has 0 spiro atoms. The fourth-order valence-corrected chi connectivity index (χ4v) is 1.08. The molecule has 5 heteroatoms. The van der Waals surface area contributed by atoms with Crippen LogP contribution in [-0.4, -0.2) is 29.9 Å². The highest BCUT2D eigenvalue weighted by Gasteiger charge is 1.98. The Labute approximate surface area is 60.6 Å². The van der Waals surface area contributed by atoms with Gasteiger partial charge in [-0.3, -0.25) is 0 Å². The molecule has 0 aliphatic rings. The van der Waals surface area contributed by atoms with Gasteiger partial charge in [0.1, 0.15) is 0 Å². The van der Waals surface area contributed by atoms with Crippen LogP contribution in [0.5, 0.6) is 0 Å². The minimum atomic E-state index is -4.08. The Morgan fingerprint density at radius 2 is 2.10 bits per heavy atom. The Morgan fingerprint density at radius 1 is 1.60 bits per heavy atom. The lowest BCUT2D eigenvalue weighted by Gasteiger charge is -2.06. The van der Waals surface area contributed by atoms with E-state index in [-0.39, 0.29) is 12.2 Å². The Balaban J connectivity index is 3.39. The minimum Gasteiger partial charge on any atom is -0.748 e. The van der Waals surface area contributed by atoms with Crippen LogP contribution in [-0.2, 0) is 10.1 Å². The maximum Gasteiger partial charge on any atom is 0.0945 e. The molecular formula is C5H11O4S-. The molecule has 10 heavy (non-hydrogen) atoms. The van der Waals surface area contributed by atoms with Crippen LogP contribution >= 0.6 is 0 Å². The summed E-state index contributed by atoms with van der Waals surface area (Å²) < 4.78 is 29.9. The van der Waals surface area contributed by atoms with Gasteiger partial charge in [0.2, 0.25) is 0 Å². The highest BCUT2D eigenvalue weighted by molar-refractivity contribution is 7.85. The number of aliphatic hydroxyl groups is 1. The summed E-state index contributed by atoms with van der Waals surface area (Å²) in [7, 11) is -4.08. The smallest absolute Gasteiger partial charge is 0.0945 e. The SMILES string of the molecule is CC(O)CCCS(=O)(=O)[O-]. The first kappa shape index (κ1) is 9.87. The molecule has 0 aromatic rings. The van der Waals surface area contributed by atoms with E-state index in [2.05, 4.69) is 0 Å². The summed E-state index contributed by atoms with van der Waals surface area (Å²) in [4.78, 5) is 0. The van der Waals surface area contributed by atoms with Crippen molar-refractivity contribution in [3.8, 4) is 0 Å². The van der Waals surface area contributed by atoms with Crippen LogP contribution in [0.4, 0.5) is 0 Å². The molecule has 0 aromatic carbocycles. The zero-order valence-electron chi connectivity index (χ0n) is 5.78. The molecule has 0 rings (SSSR count). The van der Waals surface area contributed by atoms with Gasteiger partial charge in [-0.25, -0.2) is 8.42 Å². The van der Waals surface area contributed by atoms with Gasteiger partial charge < -0.3 is 9.66 Å². The van der Waals surface area contributed by atoms with Gasteiger partial charge in [-0.2, -0.15) is 0 Å². The van der Waals surface area contributed by atoms with Gasteiger partial charge in [-0.05, 0) is 19.8 Å². The summed E-state index contributed by atoms with van der Waals surface area (Å²) in [5.74, 6) is -0.377. The normalized spacial score (nSPS) is 15.1. The fourth-order valence-electron chi connectivity index (χ4n) is 0.556. The van der Waals surface area contributed by atoms with Crippen molar-refractivity contribution in [3.05, 3.63) is 0 Å². The second-order valence-corrected chi connectivity index (χ2v) is 3.78. The van der Waals surface area contributed by atoms with Crippen LogP contribution in [0.2, 0.25) is 0 Å². The van der Waals surface area contributed by atoms with Gasteiger partial charge in [0.05, 0.1) is 16.2 Å². The number of rotatable bonds is 4. The van der Waals surface area contributed by atoms with Crippen molar-refractivity contribution >= 4 is 10.1 Å². The average Bonchev–Trinajstić information content (AvgIpc) is 1.59. The molecule has 0 amide bonds. The molecule has 62 valence electrons. The Morgan fingerprint density at radius 3 is 2.40 bits per heavy atom. The lowest BCUT2D eigenvalue weighted by molar-refractivity contribution is 0.183. The first-order valence-electron chi connectivity index (χ1n) is 3.03. The first-order chi connectivity index (χ1) is 4.42. The van der Waals surface area contributed by atoms with Crippen LogP contribution in [0.1, 0.15) is 19.8 Å². The van der Waals surface area contributed by atoms with E-state index in [1.54, 1.807) is 6.92 Å². The summed E-state index contributed by atoms with van der Waals surface area (Å²) in [5.41, 5.74) is 0. The van der Waals surface area contributed by atoms with Crippen LogP contribution in [0.15, 0.2) is 0 Å². The molecule has 0 aliphatic heterocycles. The molecule has 0 saturated carbocycles. The number of hydrogen-bond acceptors (Lipinski definition) is 4. The van der Waals surface area contributed by atoms with E-state index < -0.39 is 16.2 Å². The van der Waals surface area contributed by atoms with Crippen molar-refractivity contribution < 1.29 is 18.1 Å². The minimum absolute atomic E-state index is 0.240. The molecule has 0 aromatic heterocycles. The van der Waals surface area contributed by atoms with Gasteiger partial charge in [0.15, 0.2) is 0 Å². The number of hydrogen-bond donors (Lipinski definition) is 1. The molecule has 0 radical (unpaired) electrons. The van der Waals surface area contributed by atoms with Crippen molar-refractivity contribution in [2.75, 3.05) is 5.75 Å². The molecule has 1 atom stereocenters. The first-order valence-corrected chi connectivity index (χ1v) is 4.61. The molecule has 0 heterocycles. The van der Waals surface area contributed by atoms with Crippen molar-refractivity contribution in [1.82, 2.24) is 0 Å². The lowest BCUT2D eigenvalue weighted by atomic mass is 10.2. The van der Waals surface area contributed by atoms with Crippen LogP contribution in [0, 0.1) is 0 Å². The fraction of sp³-hybridized carbons (Fsp3) is 1.00. The number of aliphatic hydroxyl groups excluding tert-OH is 1. The molecule has 0 bridgehead atoms. The van der Waals surface area contributed by atoms with E-state index in [0.29, 0.717) is 6.42 Å². The Kier molecular flexibility index (Phi) is 3.85. The van der Waals surface area contributed by atoms with Gasteiger partial charge in [-0.1, -0.05) is 0 Å². The van der Waals surface area contributed by atoms with E-state index in [9.17, 15) is 13.0 Å². The summed E-state index contributed by atoms with van der Waals surface area (Å²) >= 11 is 0. The highest BCUT2D eigenvalue weighted by Crippen LogP contribution is 1.97. The van der Waals surface area contributed by atoms with E-state index in [1.807, 2.05) is 0 Å². The average molecular weight is 167 g/mol. The molecule has 1 unspecified atom stereocenters. The standard InChI is InChI=1S/C5H12O4S/c1-5(6)3-2-4-10(7,8)9/h5-6H,2-4H2,1H3,(H,7,8,9)/p-1. The summed E-state index contributed by atoms with van der Waals surface area (Å²) in [5, 5.41) is 8.65. The van der Waals surface area contributed by atoms with Crippen molar-refractivity contribution in [3.63, 3.8) is 0 Å². The Hall–Kier alpha value is -0.130. The van der Waals surface area contributed by atoms with E-state index >= 15 is 0 Å². The molecule has 0 saturated heterocycles. The monoisotopic (exact) mass is 167 g/mol. The Bertz CT molecular complexity index is 170. The van der Waals surface area contributed by atoms with Gasteiger partial charge in [-0.15, -0.1) is 0 Å². The zero-order chi connectivity index (χ0) is 8.20. The molecule has 1 N–H and O–H groups in total. The van der Waals surface area contributed by atoms with Crippen molar-refractivity contribution in [1.29, 1.82) is 0 Å². The van der Waals surface area contributed by atoms with Gasteiger partial charge in [0.25, 0.3) is 0 Å². The van der Waals surface area contributed by atoms with Crippen molar-refractivity contribution in [2.24, 2.45) is 0 Å². The third-order valence-corrected chi connectivity index (χ3v) is 1.80. The maximum absolute atomic E-state index is 9.98. The third-order valence-electron chi connectivity index (χ3n) is 1.02. The molecule has 0 fully saturated rings. The quantitative estimate of drug-likeness (QED) is 0.583. The predicted molar refractivity (Wildman–Crippen MR) is 35.5 cm³/mol. The second kappa shape index (κ2) is 3.90. The zero-order valence-corrected chi connectivity index (χ0v) is 6.60. The van der Waals surface area contributed by atoms with Crippen molar-refractivity contribution in [2.45, 2.75) is 25.9 Å². The van der Waals surface area contributed by atoms with Gasteiger partial charge in [0, 0.05) is 5.75 Å². The van der Waals surface area contributed by atoms with Crippen LogP contribution in [0.25, 0.3) is 0 Å². The summed E-state index contributed by atoms with van der Waals surface area (Å²) in [6, 6.07) is 0. The lowest BCUT2D eigenvalue weighted by Crippen LogP contribution is -2.07. The summed E-state index contributed by atoms with van der Waals surface area (Å²) in [6.07, 6.45) is 0.0760. The van der Waals surface area contributed by atoms with Crippen LogP contribution in [0.3, 0.4) is 0 Å². The highest BCUT2D eigenvalue weighted by atomic mass is 32.2. The maximum atomic E-state index is 9.98. The predicted octanol–water partition coefficient (Wildman–Crippen LogP) is -0.307. The van der Waals surface area contributed by atoms with Crippen LogP contribution < -0.4 is 0 Å². The second-order valence-electron chi connectivity index (χ2n) is 2.25. The van der Waals surface area contributed by atoms with E-state index in [0.717, 1.165) is 0 Å². The third kappa shape index (κ3) is 7.87. The molecule has 4 nitrogen and oxygen atoms in total. The molecular weight excluding hydrogens is 156 g/mol. The van der Waals surface area contributed by atoms with E-state index in [1.165, 1.54) is 0 Å². The van der Waals surface area contributed by atoms with Gasteiger partial charge >= 0.3 is 0 Å². The summed E-state index contributed by atoms with van der Waals surface area (Å²) in [6.45, 7) is 1.55. The largest absolute Gasteiger partial charge is 0.748 e. The molecule has 0 aliphatic carbocycles. The topological polar surface area (TPSA) is 77.4 Å².